The molecule has 0 aromatic rings. The van der Waals surface area contributed by atoms with E-state index in [1.807, 2.05) is 0 Å². The number of aliphatic imine (C=N–C) groups is 1. The topological polar surface area (TPSA) is 100 Å². The Labute approximate surface area is 126 Å². The minimum absolute atomic E-state index is 0. The smallest absolute Gasteiger partial charge is 0.862 e. The van der Waals surface area contributed by atoms with E-state index in [2.05, 4.69) is 14.5 Å². The van der Waals surface area contributed by atoms with Gasteiger partial charge in [0.25, 0.3) is 0 Å². The summed E-state index contributed by atoms with van der Waals surface area (Å²) in [6.07, 6.45) is 4.00. The van der Waals surface area contributed by atoms with Crippen molar-refractivity contribution in [3.63, 3.8) is 0 Å². The number of methoxy groups -OCH3 is 2. The van der Waals surface area contributed by atoms with Crippen LogP contribution in [0.25, 0.3) is 0 Å². The van der Waals surface area contributed by atoms with E-state index in [-0.39, 0.29) is 36.5 Å². The van der Waals surface area contributed by atoms with Gasteiger partial charge in [-0.2, -0.15) is 0 Å². The van der Waals surface area contributed by atoms with Gasteiger partial charge in [-0.25, -0.2) is 0 Å². The molecule has 0 aromatic carbocycles. The van der Waals surface area contributed by atoms with E-state index in [0.29, 0.717) is 19.6 Å². The molecular weight excluding hydrogens is 265 g/mol. The summed E-state index contributed by atoms with van der Waals surface area (Å²) in [5, 5.41) is 29.3. The first-order valence-electron chi connectivity index (χ1n) is 6.07. The Morgan fingerprint density at radius 2 is 1.53 bits per heavy atom. The van der Waals surface area contributed by atoms with Crippen LogP contribution < -0.4 is 15.3 Å². The first-order chi connectivity index (χ1) is 8.72. The van der Waals surface area contributed by atoms with Crippen LogP contribution in [0.5, 0.6) is 0 Å². The summed E-state index contributed by atoms with van der Waals surface area (Å²) in [5.41, 5.74) is 0. The fourth-order valence-electron chi connectivity index (χ4n) is 1.01. The molecular formula is C12H24AlNO5. The van der Waals surface area contributed by atoms with Gasteiger partial charge < -0.3 is 29.8 Å². The average Bonchev–Trinajstić information content (AvgIpc) is 2.61. The second-order valence-corrected chi connectivity index (χ2v) is 3.48. The zero-order valence-electron chi connectivity index (χ0n) is 11.9. The second-order valence-electron chi connectivity index (χ2n) is 3.48. The van der Waals surface area contributed by atoms with Crippen molar-refractivity contribution < 1.29 is 24.8 Å². The van der Waals surface area contributed by atoms with E-state index in [9.17, 15) is 15.3 Å². The number of ether oxygens (including phenoxy) is 2. The fourth-order valence-corrected chi connectivity index (χ4v) is 1.01. The van der Waals surface area contributed by atoms with E-state index in [4.69, 9.17) is 0 Å². The molecule has 0 aromatic heterocycles. The maximum absolute atomic E-state index is 10.5. The first kappa shape index (κ1) is 23.9. The van der Waals surface area contributed by atoms with Gasteiger partial charge in [-0.15, -0.1) is 13.2 Å². The third-order valence-electron chi connectivity index (χ3n) is 1.91. The summed E-state index contributed by atoms with van der Waals surface area (Å²) in [7, 11) is 3.02. The molecule has 1 aliphatic heterocycles. The van der Waals surface area contributed by atoms with Crippen LogP contribution in [0.3, 0.4) is 0 Å². The van der Waals surface area contributed by atoms with Crippen molar-refractivity contribution in [1.29, 1.82) is 0 Å². The zero-order chi connectivity index (χ0) is 14.1. The Hall–Kier alpha value is -0.158. The molecule has 110 valence electrons. The van der Waals surface area contributed by atoms with Gasteiger partial charge >= 0.3 is 17.4 Å². The molecule has 0 bridgehead atoms. The van der Waals surface area contributed by atoms with E-state index in [1.165, 1.54) is 20.6 Å². The number of nitrogens with zero attached hydrogens (tertiary/aromatic N) is 1. The van der Waals surface area contributed by atoms with Crippen LogP contribution in [0, 0.1) is 0 Å². The molecule has 0 unspecified atom stereocenters. The zero-order valence-corrected chi connectivity index (χ0v) is 13.1. The van der Waals surface area contributed by atoms with Crippen LogP contribution in [0.15, 0.2) is 4.99 Å². The van der Waals surface area contributed by atoms with Gasteiger partial charge in [0.2, 0.25) is 0 Å². The average molecular weight is 289 g/mol. The quantitative estimate of drug-likeness (QED) is 0.553. The van der Waals surface area contributed by atoms with Crippen LogP contribution in [0.4, 0.5) is 0 Å². The van der Waals surface area contributed by atoms with Crippen LogP contribution in [0.2, 0.25) is 0 Å². The van der Waals surface area contributed by atoms with E-state index >= 15 is 0 Å². The SMILES string of the molecule is COCC[O-].COCC[O-].[Al+3].[O-]C1=NCCCCC1. The first-order valence-corrected chi connectivity index (χ1v) is 6.07. The Morgan fingerprint density at radius 3 is 1.89 bits per heavy atom. The molecule has 0 atom stereocenters. The predicted molar refractivity (Wildman–Crippen MR) is 70.0 cm³/mol. The molecule has 1 rings (SSSR count). The van der Waals surface area contributed by atoms with Gasteiger partial charge in [0.15, 0.2) is 0 Å². The largest absolute Gasteiger partial charge is 3.00 e. The molecule has 6 nitrogen and oxygen atoms in total. The summed E-state index contributed by atoms with van der Waals surface area (Å²) in [6.45, 7) is 1.17. The van der Waals surface area contributed by atoms with E-state index in [0.717, 1.165) is 19.4 Å². The van der Waals surface area contributed by atoms with Crippen molar-refractivity contribution >= 4 is 23.3 Å². The standard InChI is InChI=1S/C6H11NO.2C3H7O2.Al/c8-6-4-2-1-3-5-7-6;2*1-5-3-2-4;/h1-5H2,(H,7,8);2*2-3H2,1H3;/q;2*-1;+3/p-1. The normalized spacial score (nSPS) is 13.6. The molecule has 0 spiro atoms. The summed E-state index contributed by atoms with van der Waals surface area (Å²) >= 11 is 0. The second kappa shape index (κ2) is 23.0. The molecule has 0 amide bonds. The van der Waals surface area contributed by atoms with Crippen molar-refractivity contribution in [2.75, 3.05) is 47.2 Å². The van der Waals surface area contributed by atoms with E-state index < -0.39 is 0 Å². The Kier molecular flexibility index (Phi) is 28.9. The number of hydrogen-bond donors (Lipinski definition) is 0. The monoisotopic (exact) mass is 289 g/mol. The van der Waals surface area contributed by atoms with Gasteiger partial charge in [-0.3, -0.25) is 0 Å². The van der Waals surface area contributed by atoms with Gasteiger partial charge in [0, 0.05) is 34.0 Å². The van der Waals surface area contributed by atoms with Crippen molar-refractivity contribution in [3.8, 4) is 0 Å². The maximum Gasteiger partial charge on any atom is 3.00 e. The number of hydrogen-bond acceptors (Lipinski definition) is 6. The summed E-state index contributed by atoms with van der Waals surface area (Å²) in [4.78, 5) is 3.78. The third-order valence-corrected chi connectivity index (χ3v) is 1.91. The van der Waals surface area contributed by atoms with Gasteiger partial charge in [0.05, 0.1) is 0 Å². The molecule has 7 heteroatoms. The minimum Gasteiger partial charge on any atom is -0.862 e. The predicted octanol–water partition coefficient (Wildman–Crippen LogP) is -2.08. The number of rotatable bonds is 4. The molecule has 0 radical (unpaired) electrons. The molecule has 1 heterocycles. The minimum atomic E-state index is -0.128. The molecule has 0 aliphatic carbocycles. The molecule has 0 fully saturated rings. The Morgan fingerprint density at radius 1 is 1.00 bits per heavy atom. The van der Waals surface area contributed by atoms with Crippen LogP contribution in [-0.4, -0.2) is 70.5 Å². The van der Waals surface area contributed by atoms with Crippen molar-refractivity contribution in [1.82, 2.24) is 0 Å². The van der Waals surface area contributed by atoms with Gasteiger partial charge in [-0.1, -0.05) is 6.42 Å². The summed E-state index contributed by atoms with van der Waals surface area (Å²) in [6, 6.07) is 0. The molecule has 0 saturated carbocycles. The summed E-state index contributed by atoms with van der Waals surface area (Å²) in [5.74, 6) is 0.0995. The van der Waals surface area contributed by atoms with Crippen molar-refractivity contribution in [2.24, 2.45) is 4.99 Å². The molecule has 1 aliphatic rings. The third kappa shape index (κ3) is 27.2. The Bertz CT molecular complexity index is 172. The summed E-state index contributed by atoms with van der Waals surface area (Å²) < 4.78 is 8.76. The van der Waals surface area contributed by atoms with Crippen molar-refractivity contribution in [3.05, 3.63) is 0 Å². The van der Waals surface area contributed by atoms with Gasteiger partial charge in [-0.05, 0) is 25.2 Å². The maximum atomic E-state index is 10.5. The fraction of sp³-hybridized carbons (Fsp3) is 0.917. The molecule has 0 N–H and O–H groups in total. The Balaban J connectivity index is -0.000000208. The van der Waals surface area contributed by atoms with Crippen LogP contribution in [0.1, 0.15) is 25.7 Å². The molecule has 19 heavy (non-hydrogen) atoms. The van der Waals surface area contributed by atoms with Crippen LogP contribution >= 0.6 is 0 Å². The van der Waals surface area contributed by atoms with Gasteiger partial charge in [0.1, 0.15) is 0 Å². The van der Waals surface area contributed by atoms with Crippen molar-refractivity contribution in [2.45, 2.75) is 25.7 Å². The molecule has 0 saturated heterocycles. The van der Waals surface area contributed by atoms with E-state index in [1.54, 1.807) is 0 Å². The van der Waals surface area contributed by atoms with Crippen LogP contribution in [-0.2, 0) is 9.47 Å².